The number of sulfone groups is 1. The molecule has 1 amide bonds. The van der Waals surface area contributed by atoms with E-state index in [-0.39, 0.29) is 44.2 Å². The van der Waals surface area contributed by atoms with Gasteiger partial charge in [-0.05, 0) is 55.8 Å². The van der Waals surface area contributed by atoms with Crippen molar-refractivity contribution in [3.8, 4) is 11.3 Å². The fraction of sp³-hybridized carbons (Fsp3) is 0.148. The SMILES string of the molecule is CC[C@H](C)N(C(=O)c1ccc2c(c1)S(=O)(=O)c1ccccc1C2=O)c1nc(-c2ccc(Cl)cc2)cs1. The van der Waals surface area contributed by atoms with E-state index in [0.29, 0.717) is 22.3 Å². The number of fused-ring (bicyclic) bond motifs is 2. The molecule has 0 saturated heterocycles. The van der Waals surface area contributed by atoms with E-state index in [9.17, 15) is 18.0 Å². The smallest absolute Gasteiger partial charge is 0.260 e. The Morgan fingerprint density at radius 2 is 1.72 bits per heavy atom. The molecule has 36 heavy (non-hydrogen) atoms. The zero-order valence-electron chi connectivity index (χ0n) is 19.4. The maximum absolute atomic E-state index is 13.8. The van der Waals surface area contributed by atoms with Crippen LogP contribution in [0.15, 0.2) is 81.9 Å². The van der Waals surface area contributed by atoms with Crippen molar-refractivity contribution >= 4 is 49.6 Å². The van der Waals surface area contributed by atoms with Gasteiger partial charge in [-0.3, -0.25) is 14.5 Å². The second kappa shape index (κ2) is 9.28. The maximum Gasteiger partial charge on any atom is 0.260 e. The highest BCUT2D eigenvalue weighted by Gasteiger charge is 2.36. The Morgan fingerprint density at radius 1 is 1.03 bits per heavy atom. The summed E-state index contributed by atoms with van der Waals surface area (Å²) in [4.78, 5) is 32.8. The Kier molecular flexibility index (Phi) is 6.28. The molecule has 0 saturated carbocycles. The van der Waals surface area contributed by atoms with Gasteiger partial charge in [0.2, 0.25) is 9.84 Å². The molecular weight excluding hydrogens is 516 g/mol. The Morgan fingerprint density at radius 3 is 2.44 bits per heavy atom. The van der Waals surface area contributed by atoms with Crippen molar-refractivity contribution in [3.63, 3.8) is 0 Å². The summed E-state index contributed by atoms with van der Waals surface area (Å²) in [5, 5.41) is 2.99. The number of halogens is 1. The molecule has 0 spiro atoms. The molecule has 1 aliphatic heterocycles. The predicted octanol–water partition coefficient (Wildman–Crippen LogP) is 6.29. The lowest BCUT2D eigenvalue weighted by Crippen LogP contribution is -2.38. The first-order valence-electron chi connectivity index (χ1n) is 11.3. The van der Waals surface area contributed by atoms with Crippen LogP contribution in [0.1, 0.15) is 46.5 Å². The number of carbonyl (C=O) groups is 2. The summed E-state index contributed by atoms with van der Waals surface area (Å²) in [7, 11) is -3.96. The minimum atomic E-state index is -3.96. The molecule has 6 nitrogen and oxygen atoms in total. The molecule has 1 aromatic heterocycles. The first-order valence-corrected chi connectivity index (χ1v) is 14.0. The molecule has 5 rings (SSSR count). The number of carbonyl (C=O) groups excluding carboxylic acids is 2. The third-order valence-electron chi connectivity index (χ3n) is 6.27. The highest BCUT2D eigenvalue weighted by Crippen LogP contribution is 2.36. The molecule has 4 aromatic rings. The third-order valence-corrected chi connectivity index (χ3v) is 9.22. The minimum absolute atomic E-state index is 0.0431. The molecule has 0 aliphatic carbocycles. The number of amides is 1. The van der Waals surface area contributed by atoms with Gasteiger partial charge in [0.25, 0.3) is 5.91 Å². The van der Waals surface area contributed by atoms with Crippen LogP contribution in [0.4, 0.5) is 5.13 Å². The summed E-state index contributed by atoms with van der Waals surface area (Å²) in [6, 6.07) is 17.4. The van der Waals surface area contributed by atoms with Crippen LogP contribution in [0.3, 0.4) is 0 Å². The van der Waals surface area contributed by atoms with Crippen LogP contribution in [0.5, 0.6) is 0 Å². The van der Waals surface area contributed by atoms with E-state index in [1.54, 1.807) is 29.2 Å². The van der Waals surface area contributed by atoms with Gasteiger partial charge in [0.1, 0.15) is 0 Å². The largest absolute Gasteiger partial charge is 0.289 e. The molecule has 0 unspecified atom stereocenters. The number of hydrogen-bond acceptors (Lipinski definition) is 6. The fourth-order valence-corrected chi connectivity index (χ4v) is 6.88. The van der Waals surface area contributed by atoms with Gasteiger partial charge >= 0.3 is 0 Å². The van der Waals surface area contributed by atoms with Crippen LogP contribution in [-0.2, 0) is 9.84 Å². The van der Waals surface area contributed by atoms with Crippen molar-refractivity contribution < 1.29 is 18.0 Å². The first-order chi connectivity index (χ1) is 17.2. The number of rotatable bonds is 5. The van der Waals surface area contributed by atoms with Crippen LogP contribution in [-0.4, -0.2) is 31.1 Å². The standard InChI is InChI=1S/C27H21ClN2O4S2/c1-3-16(2)30(27-29-22(15-35-27)17-8-11-19(28)12-9-17)26(32)18-10-13-21-24(14-18)36(33,34)23-7-5-4-6-20(23)25(21)31/h4-16H,3H2,1-2H3/t16-/m0/s1. The molecule has 0 N–H and O–H groups in total. The van der Waals surface area contributed by atoms with Gasteiger partial charge in [-0.1, -0.05) is 42.8 Å². The van der Waals surface area contributed by atoms with E-state index in [2.05, 4.69) is 0 Å². The van der Waals surface area contributed by atoms with Crippen LogP contribution >= 0.6 is 22.9 Å². The number of benzene rings is 3. The van der Waals surface area contributed by atoms with E-state index < -0.39 is 9.84 Å². The molecule has 3 aromatic carbocycles. The minimum Gasteiger partial charge on any atom is -0.289 e. The lowest BCUT2D eigenvalue weighted by atomic mass is 10.0. The summed E-state index contributed by atoms with van der Waals surface area (Å²) < 4.78 is 26.7. The summed E-state index contributed by atoms with van der Waals surface area (Å²) in [5.74, 6) is -0.758. The van der Waals surface area contributed by atoms with Gasteiger partial charge in [0.15, 0.2) is 10.9 Å². The lowest BCUT2D eigenvalue weighted by Gasteiger charge is -2.27. The highest BCUT2D eigenvalue weighted by molar-refractivity contribution is 7.91. The van der Waals surface area contributed by atoms with Gasteiger partial charge in [0, 0.05) is 38.7 Å². The van der Waals surface area contributed by atoms with E-state index in [1.807, 2.05) is 31.4 Å². The molecule has 9 heteroatoms. The number of nitrogens with zero attached hydrogens (tertiary/aromatic N) is 2. The number of ketones is 1. The lowest BCUT2D eigenvalue weighted by molar-refractivity contribution is 0.0974. The number of hydrogen-bond donors (Lipinski definition) is 0. The second-order valence-electron chi connectivity index (χ2n) is 8.49. The van der Waals surface area contributed by atoms with Crippen molar-refractivity contribution in [2.45, 2.75) is 36.1 Å². The number of aromatic nitrogens is 1. The first kappa shape index (κ1) is 24.4. The zero-order valence-corrected chi connectivity index (χ0v) is 21.8. The van der Waals surface area contributed by atoms with E-state index in [1.165, 1.54) is 41.7 Å². The van der Waals surface area contributed by atoms with E-state index in [4.69, 9.17) is 16.6 Å². The summed E-state index contributed by atoms with van der Waals surface area (Å²) in [6.07, 6.45) is 0.663. The molecule has 0 fully saturated rings. The quantitative estimate of drug-likeness (QED) is 0.264. The Bertz CT molecular complexity index is 1610. The predicted molar refractivity (Wildman–Crippen MR) is 141 cm³/mol. The van der Waals surface area contributed by atoms with Crippen LogP contribution in [0.2, 0.25) is 5.02 Å². The van der Waals surface area contributed by atoms with E-state index >= 15 is 0 Å². The Balaban J connectivity index is 1.55. The third kappa shape index (κ3) is 4.05. The molecular formula is C27H21ClN2O4S2. The van der Waals surface area contributed by atoms with Gasteiger partial charge < -0.3 is 0 Å². The molecule has 182 valence electrons. The van der Waals surface area contributed by atoms with Crippen molar-refractivity contribution in [1.29, 1.82) is 0 Å². The normalized spacial score (nSPS) is 14.6. The van der Waals surface area contributed by atoms with Gasteiger partial charge in [-0.25, -0.2) is 13.4 Å². The molecule has 2 heterocycles. The van der Waals surface area contributed by atoms with Crippen molar-refractivity contribution in [1.82, 2.24) is 4.98 Å². The molecule has 0 bridgehead atoms. The zero-order chi connectivity index (χ0) is 25.6. The van der Waals surface area contributed by atoms with Crippen molar-refractivity contribution in [3.05, 3.63) is 93.8 Å². The molecule has 1 aliphatic rings. The molecule has 1 atom stereocenters. The fourth-order valence-electron chi connectivity index (χ4n) is 4.14. The average molecular weight is 537 g/mol. The van der Waals surface area contributed by atoms with Crippen LogP contribution in [0.25, 0.3) is 11.3 Å². The number of anilines is 1. The highest BCUT2D eigenvalue weighted by atomic mass is 35.5. The van der Waals surface area contributed by atoms with Gasteiger partial charge in [0.05, 0.1) is 15.5 Å². The van der Waals surface area contributed by atoms with Crippen LogP contribution in [0, 0.1) is 0 Å². The summed E-state index contributed by atoms with van der Waals surface area (Å²) in [6.45, 7) is 3.88. The van der Waals surface area contributed by atoms with Gasteiger partial charge in [-0.15, -0.1) is 11.3 Å². The average Bonchev–Trinajstić information content (AvgIpc) is 3.37. The topological polar surface area (TPSA) is 84.4 Å². The van der Waals surface area contributed by atoms with Crippen molar-refractivity contribution in [2.24, 2.45) is 0 Å². The maximum atomic E-state index is 13.8. The second-order valence-corrected chi connectivity index (χ2v) is 11.7. The Hall–Kier alpha value is -3.33. The monoisotopic (exact) mass is 536 g/mol. The van der Waals surface area contributed by atoms with E-state index in [0.717, 1.165) is 5.56 Å². The Labute approximate surface area is 218 Å². The summed E-state index contributed by atoms with van der Waals surface area (Å²) in [5.41, 5.74) is 1.97. The van der Waals surface area contributed by atoms with Gasteiger partial charge in [-0.2, -0.15) is 0 Å². The summed E-state index contributed by atoms with van der Waals surface area (Å²) >= 11 is 7.33. The van der Waals surface area contributed by atoms with Crippen molar-refractivity contribution in [2.75, 3.05) is 4.90 Å². The van der Waals surface area contributed by atoms with Crippen LogP contribution < -0.4 is 4.90 Å². The molecule has 0 radical (unpaired) electrons. The number of thiazole rings is 1.